The molecule has 1 aliphatic carbocycles. The lowest BCUT2D eigenvalue weighted by molar-refractivity contribution is -0.115. The van der Waals surface area contributed by atoms with Crippen LogP contribution < -0.4 is 14.8 Å². The summed E-state index contributed by atoms with van der Waals surface area (Å²) in [6.45, 7) is 2.56. The number of rotatable bonds is 6. The number of methoxy groups -OCH3 is 1. The highest BCUT2D eigenvalue weighted by atomic mass is 16.5. The zero-order valence-electron chi connectivity index (χ0n) is 14.6. The molecule has 0 fully saturated rings. The Hall–Kier alpha value is -2.75. The second-order valence-electron chi connectivity index (χ2n) is 6.07. The molecule has 0 aromatic heterocycles. The van der Waals surface area contributed by atoms with Crippen molar-refractivity contribution in [3.8, 4) is 11.5 Å². The lowest BCUT2D eigenvalue weighted by Crippen LogP contribution is -2.17. The normalized spacial score (nSPS) is 17.0. The molecule has 0 saturated heterocycles. The van der Waals surface area contributed by atoms with Gasteiger partial charge in [0, 0.05) is 18.2 Å². The van der Waals surface area contributed by atoms with Gasteiger partial charge in [-0.2, -0.15) is 0 Å². The molecular formula is C21H23NO3. The molecule has 130 valence electrons. The molecule has 4 heteroatoms. The third kappa shape index (κ3) is 4.21. The zero-order chi connectivity index (χ0) is 17.6. The van der Waals surface area contributed by atoms with Crippen molar-refractivity contribution >= 4 is 11.5 Å². The van der Waals surface area contributed by atoms with Gasteiger partial charge in [-0.05, 0) is 49.1 Å². The van der Waals surface area contributed by atoms with Gasteiger partial charge in [0.15, 0.2) is 5.78 Å². The van der Waals surface area contributed by atoms with E-state index in [0.717, 1.165) is 34.9 Å². The number of ether oxygens (including phenoxy) is 2. The van der Waals surface area contributed by atoms with Gasteiger partial charge < -0.3 is 14.8 Å². The predicted molar refractivity (Wildman–Crippen MR) is 99.3 cm³/mol. The van der Waals surface area contributed by atoms with Crippen LogP contribution >= 0.6 is 0 Å². The Morgan fingerprint density at radius 2 is 1.84 bits per heavy atom. The predicted octanol–water partition coefficient (Wildman–Crippen LogP) is 4.54. The minimum atomic E-state index is 0.142. The molecule has 1 aliphatic rings. The first-order valence-electron chi connectivity index (χ1n) is 8.55. The average Bonchev–Trinajstić information content (AvgIpc) is 2.63. The molecule has 0 bridgehead atoms. The summed E-state index contributed by atoms with van der Waals surface area (Å²) in [5, 5.41) is 3.38. The van der Waals surface area contributed by atoms with Crippen LogP contribution in [0.25, 0.3) is 0 Å². The van der Waals surface area contributed by atoms with Crippen LogP contribution in [0, 0.1) is 0 Å². The summed E-state index contributed by atoms with van der Waals surface area (Å²) >= 11 is 0. The van der Waals surface area contributed by atoms with Crippen molar-refractivity contribution in [3.05, 3.63) is 65.9 Å². The fraction of sp³-hybridized carbons (Fsp3) is 0.286. The van der Waals surface area contributed by atoms with E-state index >= 15 is 0 Å². The highest BCUT2D eigenvalue weighted by molar-refractivity contribution is 5.92. The number of nitrogens with one attached hydrogen (secondary N) is 1. The van der Waals surface area contributed by atoms with Crippen LogP contribution in [0.4, 0.5) is 5.69 Å². The van der Waals surface area contributed by atoms with E-state index in [1.807, 2.05) is 55.5 Å². The van der Waals surface area contributed by atoms with E-state index in [1.54, 1.807) is 13.2 Å². The summed E-state index contributed by atoms with van der Waals surface area (Å²) in [5.74, 6) is 1.93. The second-order valence-corrected chi connectivity index (χ2v) is 6.07. The van der Waals surface area contributed by atoms with Crippen molar-refractivity contribution < 1.29 is 14.3 Å². The lowest BCUT2D eigenvalue weighted by atomic mass is 9.85. The van der Waals surface area contributed by atoms with E-state index in [-0.39, 0.29) is 11.7 Å². The summed E-state index contributed by atoms with van der Waals surface area (Å²) in [6, 6.07) is 15.7. The minimum Gasteiger partial charge on any atom is -0.497 e. The number of carbonyl (C=O) groups excluding carboxylic acids is 1. The van der Waals surface area contributed by atoms with Crippen molar-refractivity contribution in [1.82, 2.24) is 0 Å². The Morgan fingerprint density at radius 3 is 2.56 bits per heavy atom. The number of hydrogen-bond donors (Lipinski definition) is 1. The van der Waals surface area contributed by atoms with Crippen molar-refractivity contribution in [1.29, 1.82) is 0 Å². The van der Waals surface area contributed by atoms with Crippen LogP contribution in [0.1, 0.15) is 31.2 Å². The molecular weight excluding hydrogens is 314 g/mol. The highest BCUT2D eigenvalue weighted by Gasteiger charge is 2.23. The summed E-state index contributed by atoms with van der Waals surface area (Å²) < 4.78 is 10.9. The molecule has 0 unspecified atom stereocenters. The largest absolute Gasteiger partial charge is 0.497 e. The summed E-state index contributed by atoms with van der Waals surface area (Å²) in [4.78, 5) is 12.2. The third-order valence-corrected chi connectivity index (χ3v) is 4.32. The minimum absolute atomic E-state index is 0.142. The molecule has 4 nitrogen and oxygen atoms in total. The van der Waals surface area contributed by atoms with E-state index in [1.165, 1.54) is 0 Å². The summed E-state index contributed by atoms with van der Waals surface area (Å²) in [5.41, 5.74) is 2.96. The number of carbonyl (C=O) groups is 1. The highest BCUT2D eigenvalue weighted by Crippen LogP contribution is 2.34. The smallest absolute Gasteiger partial charge is 0.158 e. The van der Waals surface area contributed by atoms with Gasteiger partial charge in [-0.3, -0.25) is 4.79 Å². The molecule has 1 atom stereocenters. The molecule has 0 heterocycles. The van der Waals surface area contributed by atoms with Gasteiger partial charge in [0.05, 0.1) is 19.4 Å². The zero-order valence-corrected chi connectivity index (χ0v) is 14.6. The first kappa shape index (κ1) is 17.1. The van der Waals surface area contributed by atoms with Crippen molar-refractivity contribution in [2.24, 2.45) is 0 Å². The van der Waals surface area contributed by atoms with Gasteiger partial charge in [-0.1, -0.05) is 24.3 Å². The quantitative estimate of drug-likeness (QED) is 0.841. The first-order valence-corrected chi connectivity index (χ1v) is 8.55. The molecule has 2 aromatic rings. The topological polar surface area (TPSA) is 47.6 Å². The van der Waals surface area contributed by atoms with Crippen LogP contribution in [-0.4, -0.2) is 19.5 Å². The number of allylic oxidation sites excluding steroid dienone is 2. The maximum Gasteiger partial charge on any atom is 0.158 e. The molecule has 0 spiro atoms. The number of ketones is 1. The lowest BCUT2D eigenvalue weighted by Gasteiger charge is -2.24. The Morgan fingerprint density at radius 1 is 1.08 bits per heavy atom. The van der Waals surface area contributed by atoms with Crippen molar-refractivity contribution in [3.63, 3.8) is 0 Å². The Kier molecular flexibility index (Phi) is 5.39. The van der Waals surface area contributed by atoms with Crippen LogP contribution in [-0.2, 0) is 4.79 Å². The second kappa shape index (κ2) is 7.88. The number of para-hydroxylation sites is 2. The molecule has 3 rings (SSSR count). The molecule has 0 radical (unpaired) electrons. The van der Waals surface area contributed by atoms with Gasteiger partial charge in [0.25, 0.3) is 0 Å². The molecule has 1 N–H and O–H groups in total. The fourth-order valence-electron chi connectivity index (χ4n) is 3.12. The standard InChI is InChI=1S/C21H23NO3/c1-3-25-21-7-5-4-6-20(21)22-17-12-16(13-18(23)14-17)15-8-10-19(24-2)11-9-15/h4-11,14,16,22H,3,12-13H2,1-2H3/t16-/m0/s1. The molecule has 2 aromatic carbocycles. The average molecular weight is 337 g/mol. The van der Waals surface area contributed by atoms with E-state index in [9.17, 15) is 4.79 Å². The van der Waals surface area contributed by atoms with E-state index in [2.05, 4.69) is 5.32 Å². The van der Waals surface area contributed by atoms with E-state index < -0.39 is 0 Å². The molecule has 0 amide bonds. The maximum atomic E-state index is 12.2. The number of benzene rings is 2. The fourth-order valence-corrected chi connectivity index (χ4v) is 3.12. The monoisotopic (exact) mass is 337 g/mol. The van der Waals surface area contributed by atoms with Gasteiger partial charge >= 0.3 is 0 Å². The van der Waals surface area contributed by atoms with Crippen LogP contribution in [0.5, 0.6) is 11.5 Å². The molecule has 0 aliphatic heterocycles. The molecule has 0 saturated carbocycles. The first-order chi connectivity index (χ1) is 12.2. The summed E-state index contributed by atoms with van der Waals surface area (Å²) in [7, 11) is 1.65. The van der Waals surface area contributed by atoms with Crippen molar-refractivity contribution in [2.75, 3.05) is 19.0 Å². The van der Waals surface area contributed by atoms with Gasteiger partial charge in [-0.25, -0.2) is 0 Å². The van der Waals surface area contributed by atoms with Crippen molar-refractivity contribution in [2.45, 2.75) is 25.7 Å². The van der Waals surface area contributed by atoms with E-state index in [4.69, 9.17) is 9.47 Å². The van der Waals surface area contributed by atoms with E-state index in [0.29, 0.717) is 13.0 Å². The Bertz CT molecular complexity index is 765. The number of anilines is 1. The summed E-state index contributed by atoms with van der Waals surface area (Å²) in [6.07, 6.45) is 3.03. The molecule has 25 heavy (non-hydrogen) atoms. The van der Waals surface area contributed by atoms with Gasteiger partial charge in [0.1, 0.15) is 11.5 Å². The SMILES string of the molecule is CCOc1ccccc1NC1=CC(=O)C[C@@H](c2ccc(OC)cc2)C1. The Balaban J connectivity index is 1.77. The van der Waals surface area contributed by atoms with Gasteiger partial charge in [-0.15, -0.1) is 0 Å². The maximum absolute atomic E-state index is 12.2. The van der Waals surface area contributed by atoms with Gasteiger partial charge in [0.2, 0.25) is 0 Å². The third-order valence-electron chi connectivity index (χ3n) is 4.32. The van der Waals surface area contributed by atoms with Crippen LogP contribution in [0.3, 0.4) is 0 Å². The number of hydrogen-bond acceptors (Lipinski definition) is 4. The Labute approximate surface area is 148 Å². The van der Waals surface area contributed by atoms with Crippen LogP contribution in [0.2, 0.25) is 0 Å². The van der Waals surface area contributed by atoms with Crippen LogP contribution in [0.15, 0.2) is 60.3 Å².